The third kappa shape index (κ3) is 3.13. The predicted octanol–water partition coefficient (Wildman–Crippen LogP) is 1.92. The van der Waals surface area contributed by atoms with Crippen LogP contribution in [0.1, 0.15) is 50.0 Å². The summed E-state index contributed by atoms with van der Waals surface area (Å²) < 4.78 is 5.85. The van der Waals surface area contributed by atoms with Gasteiger partial charge in [-0.3, -0.25) is 19.7 Å². The van der Waals surface area contributed by atoms with Gasteiger partial charge >= 0.3 is 0 Å². The summed E-state index contributed by atoms with van der Waals surface area (Å²) in [5.41, 5.74) is 2.12. The second kappa shape index (κ2) is 6.50. The predicted molar refractivity (Wildman–Crippen MR) is 91.7 cm³/mol. The number of ketones is 1. The van der Waals surface area contributed by atoms with E-state index in [0.29, 0.717) is 50.5 Å². The van der Waals surface area contributed by atoms with Gasteiger partial charge in [0.05, 0.1) is 12.2 Å². The Morgan fingerprint density at radius 1 is 1.04 bits per heavy atom. The lowest BCUT2D eigenvalue weighted by atomic mass is 9.83. The summed E-state index contributed by atoms with van der Waals surface area (Å²) in [5.74, 6) is 1.13. The van der Waals surface area contributed by atoms with Crippen LogP contribution in [0.3, 0.4) is 0 Å². The molecule has 0 radical (unpaired) electrons. The first kappa shape index (κ1) is 16.1. The number of hydrogen-bond donors (Lipinski definition) is 1. The second-order valence-electron chi connectivity index (χ2n) is 7.05. The van der Waals surface area contributed by atoms with E-state index in [1.54, 1.807) is 0 Å². The summed E-state index contributed by atoms with van der Waals surface area (Å²) in [5, 5.41) is 2.43. The van der Waals surface area contributed by atoms with Crippen LogP contribution < -0.4 is 15.0 Å². The quantitative estimate of drug-likeness (QED) is 0.831. The maximum absolute atomic E-state index is 12.2. The van der Waals surface area contributed by atoms with E-state index in [0.717, 1.165) is 24.3 Å². The number of ether oxygens (including phenoxy) is 1. The molecule has 1 saturated heterocycles. The highest BCUT2D eigenvalue weighted by molar-refractivity contribution is 6.01. The minimum absolute atomic E-state index is 0.197. The van der Waals surface area contributed by atoms with Crippen molar-refractivity contribution >= 4 is 23.3 Å². The summed E-state index contributed by atoms with van der Waals surface area (Å²) in [6.07, 6.45) is 4.02. The van der Waals surface area contributed by atoms with E-state index in [1.165, 1.54) is 5.56 Å². The van der Waals surface area contributed by atoms with Crippen LogP contribution in [0.25, 0.3) is 0 Å². The number of nitrogens with zero attached hydrogens (tertiary/aromatic N) is 1. The molecular weight excluding hydrogens is 320 g/mol. The Morgan fingerprint density at radius 2 is 1.84 bits per heavy atom. The molecule has 6 heteroatoms. The van der Waals surface area contributed by atoms with Gasteiger partial charge in [-0.1, -0.05) is 6.07 Å². The first-order chi connectivity index (χ1) is 12.1. The average Bonchev–Trinajstić information content (AvgIpc) is 2.62. The fourth-order valence-electron chi connectivity index (χ4n) is 4.09. The van der Waals surface area contributed by atoms with Gasteiger partial charge in [0.15, 0.2) is 0 Å². The van der Waals surface area contributed by atoms with E-state index >= 15 is 0 Å². The van der Waals surface area contributed by atoms with Gasteiger partial charge < -0.3 is 9.64 Å². The van der Waals surface area contributed by atoms with E-state index < -0.39 is 0 Å². The molecule has 1 saturated carbocycles. The largest absolute Gasteiger partial charge is 0.490 e. The topological polar surface area (TPSA) is 75.7 Å². The number of nitrogens with one attached hydrogen (secondary N) is 1. The van der Waals surface area contributed by atoms with Gasteiger partial charge in [0, 0.05) is 19.3 Å². The molecule has 0 aromatic heterocycles. The second-order valence-corrected chi connectivity index (χ2v) is 7.05. The van der Waals surface area contributed by atoms with E-state index in [4.69, 9.17) is 4.74 Å². The number of imide groups is 1. The van der Waals surface area contributed by atoms with Crippen LogP contribution in [0.15, 0.2) is 18.2 Å². The number of fused-ring (bicyclic) bond motifs is 1. The molecule has 25 heavy (non-hydrogen) atoms. The average molecular weight is 342 g/mol. The molecule has 1 aliphatic carbocycles. The summed E-state index contributed by atoms with van der Waals surface area (Å²) >= 11 is 0. The maximum Gasteiger partial charge on any atom is 0.249 e. The van der Waals surface area contributed by atoms with Crippen molar-refractivity contribution in [2.75, 3.05) is 18.1 Å². The van der Waals surface area contributed by atoms with E-state index in [2.05, 4.69) is 22.3 Å². The minimum atomic E-state index is -0.321. The number of benzene rings is 1. The molecule has 1 N–H and O–H groups in total. The Bertz CT molecular complexity index is 720. The Balaban J connectivity index is 1.57. The molecule has 0 spiro atoms. The van der Waals surface area contributed by atoms with Crippen molar-refractivity contribution in [1.29, 1.82) is 0 Å². The van der Waals surface area contributed by atoms with Gasteiger partial charge in [0.2, 0.25) is 11.8 Å². The van der Waals surface area contributed by atoms with Crippen molar-refractivity contribution in [2.45, 2.75) is 50.5 Å². The maximum atomic E-state index is 12.2. The van der Waals surface area contributed by atoms with Crippen LogP contribution in [0, 0.1) is 0 Å². The van der Waals surface area contributed by atoms with Crippen molar-refractivity contribution in [3.8, 4) is 5.75 Å². The number of hydrogen-bond acceptors (Lipinski definition) is 5. The molecule has 3 aliphatic rings. The molecule has 2 fully saturated rings. The molecule has 132 valence electrons. The number of anilines is 1. The lowest BCUT2D eigenvalue weighted by molar-refractivity contribution is -0.134. The normalized spacial score (nSPS) is 24.6. The van der Waals surface area contributed by atoms with Crippen LogP contribution in [0.4, 0.5) is 5.69 Å². The number of amides is 2. The smallest absolute Gasteiger partial charge is 0.249 e. The van der Waals surface area contributed by atoms with Crippen LogP contribution in [0.2, 0.25) is 0 Å². The molecule has 1 unspecified atom stereocenters. The molecule has 1 atom stereocenters. The number of carbonyl (C=O) groups excluding carboxylic acids is 3. The molecule has 2 aliphatic heterocycles. The Hall–Kier alpha value is -2.37. The van der Waals surface area contributed by atoms with E-state index in [9.17, 15) is 14.4 Å². The zero-order chi connectivity index (χ0) is 17.4. The fraction of sp³-hybridized carbons (Fsp3) is 0.526. The van der Waals surface area contributed by atoms with Gasteiger partial charge in [0.1, 0.15) is 24.2 Å². The SMILES string of the molecule is O=C1CCC(c2ccc3c(c2)OCCN3C2CCC(=O)NC2=O)CC1. The number of piperidine rings is 1. The summed E-state index contributed by atoms with van der Waals surface area (Å²) in [6.45, 7) is 1.16. The first-order valence-corrected chi connectivity index (χ1v) is 9.00. The van der Waals surface area contributed by atoms with Crippen molar-refractivity contribution < 1.29 is 19.1 Å². The summed E-state index contributed by atoms with van der Waals surface area (Å²) in [4.78, 5) is 37.1. The van der Waals surface area contributed by atoms with Gasteiger partial charge in [-0.25, -0.2) is 0 Å². The molecule has 6 nitrogen and oxygen atoms in total. The zero-order valence-corrected chi connectivity index (χ0v) is 14.1. The van der Waals surface area contributed by atoms with Gasteiger partial charge in [-0.15, -0.1) is 0 Å². The molecule has 0 bridgehead atoms. The summed E-state index contributed by atoms with van der Waals surface area (Å²) in [6, 6.07) is 5.85. The molecule has 2 amide bonds. The Kier molecular flexibility index (Phi) is 4.19. The number of Topliss-reactive ketones (excluding diaryl/α,β-unsaturated/α-hetero) is 1. The molecular formula is C19H22N2O4. The third-order valence-electron chi connectivity index (χ3n) is 5.48. The molecule has 1 aromatic carbocycles. The van der Waals surface area contributed by atoms with Crippen LogP contribution in [-0.2, 0) is 14.4 Å². The van der Waals surface area contributed by atoms with E-state index in [-0.39, 0.29) is 17.9 Å². The van der Waals surface area contributed by atoms with Gasteiger partial charge in [0.25, 0.3) is 0 Å². The lowest BCUT2D eigenvalue weighted by Crippen LogP contribution is -2.54. The van der Waals surface area contributed by atoms with Gasteiger partial charge in [-0.2, -0.15) is 0 Å². The highest BCUT2D eigenvalue weighted by atomic mass is 16.5. The fourth-order valence-corrected chi connectivity index (χ4v) is 4.09. The standard InChI is InChI=1S/C19H22N2O4/c22-14-4-1-12(2-5-14)13-3-6-15-17(11-13)25-10-9-21(15)16-7-8-18(23)20-19(16)24/h3,6,11-12,16H,1-2,4-5,7-10H2,(H,20,23,24). The van der Waals surface area contributed by atoms with Crippen molar-refractivity contribution in [2.24, 2.45) is 0 Å². The molecule has 2 heterocycles. The highest BCUT2D eigenvalue weighted by Gasteiger charge is 2.34. The molecule has 4 rings (SSSR count). The lowest BCUT2D eigenvalue weighted by Gasteiger charge is -2.38. The third-order valence-corrected chi connectivity index (χ3v) is 5.48. The van der Waals surface area contributed by atoms with Crippen molar-refractivity contribution in [3.63, 3.8) is 0 Å². The van der Waals surface area contributed by atoms with Crippen LogP contribution in [0.5, 0.6) is 5.75 Å². The number of carbonyl (C=O) groups is 3. The number of rotatable bonds is 2. The monoisotopic (exact) mass is 342 g/mol. The van der Waals surface area contributed by atoms with Crippen molar-refractivity contribution in [1.82, 2.24) is 5.32 Å². The van der Waals surface area contributed by atoms with Crippen LogP contribution in [-0.4, -0.2) is 36.8 Å². The minimum Gasteiger partial charge on any atom is -0.490 e. The Morgan fingerprint density at radius 3 is 2.60 bits per heavy atom. The highest BCUT2D eigenvalue weighted by Crippen LogP contribution is 2.39. The van der Waals surface area contributed by atoms with E-state index in [1.807, 2.05) is 6.07 Å². The van der Waals surface area contributed by atoms with Crippen molar-refractivity contribution in [3.05, 3.63) is 23.8 Å². The Labute approximate surface area is 146 Å². The first-order valence-electron chi connectivity index (χ1n) is 9.00. The van der Waals surface area contributed by atoms with Crippen LogP contribution >= 0.6 is 0 Å². The summed E-state index contributed by atoms with van der Waals surface area (Å²) in [7, 11) is 0. The zero-order valence-electron chi connectivity index (χ0n) is 14.1. The molecule has 1 aromatic rings. The van der Waals surface area contributed by atoms with Gasteiger partial charge in [-0.05, 0) is 42.9 Å².